The first-order valence-electron chi connectivity index (χ1n) is 6.71. The Kier molecular flexibility index (Phi) is 4.37. The Labute approximate surface area is 139 Å². The van der Waals surface area contributed by atoms with E-state index in [1.807, 2.05) is 0 Å². The molecule has 1 aromatic heterocycles. The predicted octanol–water partition coefficient (Wildman–Crippen LogP) is 1.79. The monoisotopic (exact) mass is 391 g/mol. The Morgan fingerprint density at radius 1 is 1.23 bits per heavy atom. The van der Waals surface area contributed by atoms with Gasteiger partial charge in [0.1, 0.15) is 24.1 Å². The smallest absolute Gasteiger partial charge is 0.229 e. The van der Waals surface area contributed by atoms with Crippen molar-refractivity contribution < 1.29 is 24.8 Å². The normalized spacial score (nSPS) is 32.4. The van der Waals surface area contributed by atoms with Gasteiger partial charge in [-0.2, -0.15) is 0 Å². The summed E-state index contributed by atoms with van der Waals surface area (Å²) in [4.78, 5) is 3.01. The van der Waals surface area contributed by atoms with Crippen molar-refractivity contribution in [3.8, 4) is 5.75 Å². The lowest BCUT2D eigenvalue weighted by Crippen LogP contribution is -2.58. The fourth-order valence-electron chi connectivity index (χ4n) is 2.42. The first-order chi connectivity index (χ1) is 10.4. The number of hydrogen-bond acceptors (Lipinski definition) is 5. The largest absolute Gasteiger partial charge is 0.460 e. The van der Waals surface area contributed by atoms with Gasteiger partial charge in [-0.15, -0.1) is 0 Å². The molecule has 3 rings (SSSR count). The van der Waals surface area contributed by atoms with Crippen LogP contribution in [-0.4, -0.2) is 51.0 Å². The highest BCUT2D eigenvalue weighted by molar-refractivity contribution is 9.10. The topological polar surface area (TPSA) is 94.9 Å². The summed E-state index contributed by atoms with van der Waals surface area (Å²) in [5, 5.41) is 30.8. The lowest BCUT2D eigenvalue weighted by Gasteiger charge is -2.38. The molecule has 1 saturated heterocycles. The van der Waals surface area contributed by atoms with Crippen LogP contribution >= 0.6 is 27.5 Å². The van der Waals surface area contributed by atoms with Gasteiger partial charge in [0.05, 0.1) is 16.6 Å². The highest BCUT2D eigenvalue weighted by Crippen LogP contribution is 2.34. The molecule has 1 aliphatic rings. The number of aromatic amines is 1. The first kappa shape index (κ1) is 16.0. The third-order valence-electron chi connectivity index (χ3n) is 3.74. The van der Waals surface area contributed by atoms with E-state index < -0.39 is 30.7 Å². The lowest BCUT2D eigenvalue weighted by molar-refractivity contribution is -0.267. The molecule has 6 nitrogen and oxygen atoms in total. The number of aromatic nitrogens is 1. The van der Waals surface area contributed by atoms with Crippen LogP contribution < -0.4 is 4.74 Å². The fraction of sp³-hybridized carbons (Fsp3) is 0.429. The molecule has 2 heterocycles. The maximum Gasteiger partial charge on any atom is 0.229 e. The first-order valence-corrected chi connectivity index (χ1v) is 7.88. The molecule has 0 radical (unpaired) electrons. The van der Waals surface area contributed by atoms with Gasteiger partial charge in [-0.1, -0.05) is 11.6 Å². The molecule has 0 bridgehead atoms. The Hall–Kier alpha value is -0.830. The highest BCUT2D eigenvalue weighted by Gasteiger charge is 2.43. The van der Waals surface area contributed by atoms with Crippen LogP contribution in [0.3, 0.4) is 0 Å². The molecule has 4 N–H and O–H groups in total. The third kappa shape index (κ3) is 2.73. The number of benzene rings is 1. The van der Waals surface area contributed by atoms with Gasteiger partial charge in [-0.3, -0.25) is 0 Å². The molecule has 22 heavy (non-hydrogen) atoms. The number of nitrogens with one attached hydrogen (secondary N) is 1. The second-order valence-corrected chi connectivity index (χ2v) is 6.53. The van der Waals surface area contributed by atoms with Crippen LogP contribution in [-0.2, 0) is 4.74 Å². The Morgan fingerprint density at radius 3 is 2.68 bits per heavy atom. The molecule has 0 amide bonds. The molecule has 1 fully saturated rings. The van der Waals surface area contributed by atoms with Crippen molar-refractivity contribution in [3.63, 3.8) is 0 Å². The van der Waals surface area contributed by atoms with Gasteiger partial charge in [0.15, 0.2) is 0 Å². The number of hydrogen-bond donors (Lipinski definition) is 4. The van der Waals surface area contributed by atoms with Crippen LogP contribution in [0.2, 0.25) is 5.02 Å². The molecular weight excluding hydrogens is 378 g/mol. The molecule has 8 heteroatoms. The summed E-state index contributed by atoms with van der Waals surface area (Å²) in [5.41, 5.74) is 0.766. The van der Waals surface area contributed by atoms with Gasteiger partial charge in [0.2, 0.25) is 6.29 Å². The summed E-state index contributed by atoms with van der Waals surface area (Å²) in [5.74, 6) is 0.451. The summed E-state index contributed by atoms with van der Waals surface area (Å²) in [6.07, 6.45) is -3.97. The van der Waals surface area contributed by atoms with E-state index in [4.69, 9.17) is 21.1 Å². The van der Waals surface area contributed by atoms with Gasteiger partial charge in [0, 0.05) is 16.1 Å². The van der Waals surface area contributed by atoms with Crippen LogP contribution in [0.1, 0.15) is 6.92 Å². The van der Waals surface area contributed by atoms with Crippen LogP contribution in [0, 0.1) is 0 Å². The van der Waals surface area contributed by atoms with E-state index in [2.05, 4.69) is 20.9 Å². The minimum atomic E-state index is -1.35. The summed E-state index contributed by atoms with van der Waals surface area (Å²) in [6, 6.07) is 3.53. The van der Waals surface area contributed by atoms with Crippen LogP contribution in [0.15, 0.2) is 22.8 Å². The number of ether oxygens (including phenoxy) is 2. The molecule has 0 unspecified atom stereocenters. The second kappa shape index (κ2) is 5.99. The number of H-pyrrole nitrogens is 1. The number of fused-ring (bicyclic) bond motifs is 1. The summed E-state index contributed by atoms with van der Waals surface area (Å²) in [6.45, 7) is 1.60. The van der Waals surface area contributed by atoms with Gasteiger partial charge in [-0.05, 0) is 35.0 Å². The molecule has 1 aromatic carbocycles. The Balaban J connectivity index is 1.88. The van der Waals surface area contributed by atoms with E-state index in [0.29, 0.717) is 15.2 Å². The standard InChI is InChI=1S/C14H15BrClNO5/c1-5-11(18)12(19)13(20)14(21-5)22-10-4-17-9-3-8(16)7(15)2-6(9)10/h2-5,11-14,17-20H,1H3/t5-,11-,12+,13+,14-/m0/s1. The zero-order valence-electron chi connectivity index (χ0n) is 11.5. The van der Waals surface area contributed by atoms with Gasteiger partial charge < -0.3 is 29.8 Å². The molecular formula is C14H15BrClNO5. The summed E-state index contributed by atoms with van der Waals surface area (Å²) >= 11 is 9.38. The summed E-state index contributed by atoms with van der Waals surface area (Å²) in [7, 11) is 0. The average molecular weight is 393 g/mol. The minimum absolute atomic E-state index is 0.451. The lowest BCUT2D eigenvalue weighted by atomic mass is 10.00. The Morgan fingerprint density at radius 2 is 1.95 bits per heavy atom. The van der Waals surface area contributed by atoms with E-state index in [0.717, 1.165) is 10.9 Å². The van der Waals surface area contributed by atoms with E-state index in [-0.39, 0.29) is 0 Å². The SMILES string of the molecule is C[C@@H]1O[C@@H](Oc2c[nH]c3cc(Cl)c(Br)cc23)[C@H](O)[C@H](O)[C@H]1O. The van der Waals surface area contributed by atoms with E-state index in [1.165, 1.54) is 0 Å². The number of halogens is 2. The average Bonchev–Trinajstić information content (AvgIpc) is 2.85. The second-order valence-electron chi connectivity index (χ2n) is 5.26. The van der Waals surface area contributed by atoms with E-state index in [9.17, 15) is 15.3 Å². The molecule has 5 atom stereocenters. The molecule has 1 aliphatic heterocycles. The zero-order chi connectivity index (χ0) is 16.0. The number of rotatable bonds is 2. The van der Waals surface area contributed by atoms with Crippen molar-refractivity contribution in [3.05, 3.63) is 27.8 Å². The summed E-state index contributed by atoms with van der Waals surface area (Å²) < 4.78 is 11.8. The van der Waals surface area contributed by atoms with Crippen LogP contribution in [0.25, 0.3) is 10.9 Å². The van der Waals surface area contributed by atoms with Crippen LogP contribution in [0.5, 0.6) is 5.75 Å². The van der Waals surface area contributed by atoms with Crippen LogP contribution in [0.4, 0.5) is 0 Å². The quantitative estimate of drug-likeness (QED) is 0.625. The maximum absolute atomic E-state index is 9.99. The zero-order valence-corrected chi connectivity index (χ0v) is 13.9. The molecule has 0 spiro atoms. The van der Waals surface area contributed by atoms with E-state index in [1.54, 1.807) is 25.3 Å². The van der Waals surface area contributed by atoms with E-state index >= 15 is 0 Å². The van der Waals surface area contributed by atoms with Crippen molar-refractivity contribution in [1.82, 2.24) is 4.98 Å². The van der Waals surface area contributed by atoms with Crippen molar-refractivity contribution >= 4 is 38.4 Å². The molecule has 120 valence electrons. The van der Waals surface area contributed by atoms with Gasteiger partial charge in [0.25, 0.3) is 0 Å². The Bertz CT molecular complexity index is 693. The number of aliphatic hydroxyl groups is 3. The van der Waals surface area contributed by atoms with Gasteiger partial charge >= 0.3 is 0 Å². The maximum atomic E-state index is 9.99. The minimum Gasteiger partial charge on any atom is -0.460 e. The number of aliphatic hydroxyl groups excluding tert-OH is 3. The van der Waals surface area contributed by atoms with Crippen molar-refractivity contribution in [2.75, 3.05) is 0 Å². The molecule has 0 saturated carbocycles. The predicted molar refractivity (Wildman–Crippen MR) is 84.0 cm³/mol. The molecule has 2 aromatic rings. The molecule has 0 aliphatic carbocycles. The third-order valence-corrected chi connectivity index (χ3v) is 4.93. The fourth-order valence-corrected chi connectivity index (χ4v) is 2.93. The highest BCUT2D eigenvalue weighted by atomic mass is 79.9. The van der Waals surface area contributed by atoms with Gasteiger partial charge in [-0.25, -0.2) is 0 Å². The van der Waals surface area contributed by atoms with Crippen molar-refractivity contribution in [2.45, 2.75) is 37.6 Å². The van der Waals surface area contributed by atoms with Crippen molar-refractivity contribution in [2.24, 2.45) is 0 Å². The van der Waals surface area contributed by atoms with Crippen molar-refractivity contribution in [1.29, 1.82) is 0 Å².